The van der Waals surface area contributed by atoms with E-state index in [1.807, 2.05) is 6.07 Å². The van der Waals surface area contributed by atoms with Crippen LogP contribution in [-0.4, -0.2) is 19.1 Å². The predicted molar refractivity (Wildman–Crippen MR) is 269 cm³/mol. The van der Waals surface area contributed by atoms with Crippen LogP contribution in [0.2, 0.25) is 0 Å². The van der Waals surface area contributed by atoms with Crippen LogP contribution in [0.25, 0.3) is 132 Å². The Morgan fingerprint density at radius 1 is 0.354 bits per heavy atom. The minimum absolute atomic E-state index is 0.651. The Balaban J connectivity index is 1.10. The molecule has 0 aliphatic rings. The van der Waals surface area contributed by atoms with E-state index in [0.29, 0.717) is 5.82 Å². The third-order valence-corrected chi connectivity index (χ3v) is 13.3. The third-order valence-electron chi connectivity index (χ3n) is 13.3. The predicted octanol–water partition coefficient (Wildman–Crippen LogP) is 15.9. The van der Waals surface area contributed by atoms with Gasteiger partial charge in [-0.15, -0.1) is 0 Å². The number of rotatable bonds is 5. The summed E-state index contributed by atoms with van der Waals surface area (Å²) >= 11 is 0. The molecule has 0 fully saturated rings. The molecule has 0 aliphatic heterocycles. The van der Waals surface area contributed by atoms with Crippen molar-refractivity contribution >= 4 is 87.1 Å². The summed E-state index contributed by atoms with van der Waals surface area (Å²) in [5.74, 6) is 0.651. The summed E-state index contributed by atoms with van der Waals surface area (Å²) in [6.45, 7) is 0. The Labute approximate surface area is 372 Å². The van der Waals surface area contributed by atoms with Crippen LogP contribution in [-0.2, 0) is 0 Å². The van der Waals surface area contributed by atoms with Gasteiger partial charge in [-0.3, -0.25) is 0 Å². The molecule has 0 radical (unpaired) electrons. The molecule has 0 amide bonds. The minimum atomic E-state index is 0.651. The zero-order chi connectivity index (χ0) is 42.6. The van der Waals surface area contributed by atoms with Crippen LogP contribution in [0.4, 0.5) is 0 Å². The Morgan fingerprint density at radius 2 is 0.969 bits per heavy atom. The van der Waals surface area contributed by atoms with Crippen molar-refractivity contribution in [3.8, 4) is 45.3 Å². The van der Waals surface area contributed by atoms with E-state index < -0.39 is 0 Å². The van der Waals surface area contributed by atoms with Gasteiger partial charge >= 0.3 is 0 Å². The van der Waals surface area contributed by atoms with E-state index in [1.54, 1.807) is 0 Å². The van der Waals surface area contributed by atoms with E-state index in [4.69, 9.17) is 14.4 Å². The van der Waals surface area contributed by atoms with Crippen LogP contribution in [0, 0.1) is 0 Å². The van der Waals surface area contributed by atoms with Crippen LogP contribution in [0.3, 0.4) is 0 Å². The average Bonchev–Trinajstić information content (AvgIpc) is 4.03. The van der Waals surface area contributed by atoms with Crippen molar-refractivity contribution in [1.29, 1.82) is 0 Å². The molecule has 14 aromatic rings. The molecule has 0 N–H and O–H groups in total. The summed E-state index contributed by atoms with van der Waals surface area (Å²) in [5.41, 5.74) is 13.1. The Morgan fingerprint density at radius 3 is 1.75 bits per heavy atom. The van der Waals surface area contributed by atoms with Crippen LogP contribution in [0.15, 0.2) is 223 Å². The van der Waals surface area contributed by atoms with Gasteiger partial charge in [-0.2, -0.15) is 0 Å². The highest BCUT2D eigenvalue weighted by atomic mass is 16.3. The molecule has 0 saturated carbocycles. The monoisotopic (exact) mass is 828 g/mol. The molecule has 65 heavy (non-hydrogen) atoms. The normalized spacial score (nSPS) is 12.0. The van der Waals surface area contributed by atoms with E-state index in [-0.39, 0.29) is 0 Å². The van der Waals surface area contributed by atoms with E-state index in [0.717, 1.165) is 88.7 Å². The smallest absolute Gasteiger partial charge is 0.161 e. The number of benzene rings is 10. The van der Waals surface area contributed by atoms with E-state index in [1.165, 1.54) is 37.8 Å². The highest BCUT2D eigenvalue weighted by molar-refractivity contribution is 6.24. The molecule has 302 valence electrons. The van der Waals surface area contributed by atoms with Gasteiger partial charge < -0.3 is 13.6 Å². The van der Waals surface area contributed by atoms with Crippen LogP contribution in [0.1, 0.15) is 0 Å². The second-order valence-electron chi connectivity index (χ2n) is 16.9. The first kappa shape index (κ1) is 35.8. The highest BCUT2D eigenvalue weighted by Gasteiger charge is 2.24. The second-order valence-corrected chi connectivity index (χ2v) is 16.9. The van der Waals surface area contributed by atoms with Gasteiger partial charge in [0.1, 0.15) is 11.2 Å². The molecular formula is C60H36N4O. The molecule has 4 aromatic heterocycles. The van der Waals surface area contributed by atoms with Gasteiger partial charge in [-0.1, -0.05) is 158 Å². The fourth-order valence-corrected chi connectivity index (χ4v) is 10.4. The third kappa shape index (κ3) is 5.39. The summed E-state index contributed by atoms with van der Waals surface area (Å²) in [6, 6.07) is 77.8. The van der Waals surface area contributed by atoms with Gasteiger partial charge in [0.05, 0.1) is 44.5 Å². The Bertz CT molecular complexity index is 4240. The lowest BCUT2D eigenvalue weighted by Crippen LogP contribution is -1.99. The molecule has 0 unspecified atom stereocenters. The maximum Gasteiger partial charge on any atom is 0.161 e. The first-order valence-electron chi connectivity index (χ1n) is 22.1. The van der Waals surface area contributed by atoms with E-state index in [9.17, 15) is 0 Å². The van der Waals surface area contributed by atoms with Crippen LogP contribution in [0.5, 0.6) is 0 Å². The van der Waals surface area contributed by atoms with Crippen molar-refractivity contribution in [3.05, 3.63) is 218 Å². The summed E-state index contributed by atoms with van der Waals surface area (Å²) < 4.78 is 11.8. The number of hydrogen-bond donors (Lipinski definition) is 0. The summed E-state index contributed by atoms with van der Waals surface area (Å²) in [4.78, 5) is 10.8. The topological polar surface area (TPSA) is 48.8 Å². The maximum atomic E-state index is 6.98. The molecule has 5 nitrogen and oxygen atoms in total. The number of para-hydroxylation sites is 4. The molecule has 0 spiro atoms. The van der Waals surface area contributed by atoms with Gasteiger partial charge in [-0.05, 0) is 76.8 Å². The highest BCUT2D eigenvalue weighted by Crippen LogP contribution is 2.46. The van der Waals surface area contributed by atoms with Gasteiger partial charge in [0.15, 0.2) is 5.82 Å². The number of aromatic nitrogens is 4. The fourth-order valence-electron chi connectivity index (χ4n) is 10.4. The van der Waals surface area contributed by atoms with Crippen molar-refractivity contribution in [1.82, 2.24) is 19.1 Å². The van der Waals surface area contributed by atoms with Crippen LogP contribution >= 0.6 is 0 Å². The molecule has 5 heteroatoms. The van der Waals surface area contributed by atoms with E-state index in [2.05, 4.69) is 221 Å². The zero-order valence-electron chi connectivity index (χ0n) is 35.0. The number of nitrogens with zero attached hydrogens (tertiary/aromatic N) is 4. The summed E-state index contributed by atoms with van der Waals surface area (Å²) in [6.07, 6.45) is 0. The molecule has 0 atom stereocenters. The first-order valence-corrected chi connectivity index (χ1v) is 22.1. The minimum Gasteiger partial charge on any atom is -0.455 e. The average molecular weight is 829 g/mol. The fraction of sp³-hybridized carbons (Fsp3) is 0. The zero-order valence-corrected chi connectivity index (χ0v) is 35.0. The lowest BCUT2D eigenvalue weighted by atomic mass is 9.98. The van der Waals surface area contributed by atoms with Crippen LogP contribution < -0.4 is 0 Å². The van der Waals surface area contributed by atoms with Gasteiger partial charge in [-0.25, -0.2) is 9.97 Å². The molecule has 4 heterocycles. The largest absolute Gasteiger partial charge is 0.455 e. The summed E-state index contributed by atoms with van der Waals surface area (Å²) in [5, 5.41) is 11.3. The van der Waals surface area contributed by atoms with Crippen molar-refractivity contribution < 1.29 is 4.42 Å². The molecule has 0 aliphatic carbocycles. The quantitative estimate of drug-likeness (QED) is 0.174. The van der Waals surface area contributed by atoms with Gasteiger partial charge in [0.2, 0.25) is 0 Å². The van der Waals surface area contributed by atoms with Gasteiger partial charge in [0, 0.05) is 54.7 Å². The first-order chi connectivity index (χ1) is 32.2. The molecular weight excluding hydrogens is 793 g/mol. The van der Waals surface area contributed by atoms with Crippen molar-refractivity contribution in [2.24, 2.45) is 0 Å². The molecule has 10 aromatic carbocycles. The maximum absolute atomic E-state index is 6.98. The molecule has 0 bridgehead atoms. The standard InChI is InChI=1S/C60H36N4O/c1-3-17-38(18-4-1)50-35-51(40-31-30-37-16-7-8-19-39(37)32-40)62-60(61-50)45-26-15-25-44-47(45)34-56(58-46-24-11-14-29-57(46)65-59(44)58)64-53-28-13-10-23-43(53)49-33-48-42-22-9-12-27-52(42)63(54(48)36-55(49)64)41-20-5-2-6-21-41/h1-36H. The van der Waals surface area contributed by atoms with Crippen molar-refractivity contribution in [2.45, 2.75) is 0 Å². The van der Waals surface area contributed by atoms with Crippen molar-refractivity contribution in [3.63, 3.8) is 0 Å². The Hall–Kier alpha value is -8.80. The number of hydrogen-bond acceptors (Lipinski definition) is 3. The lowest BCUT2D eigenvalue weighted by molar-refractivity contribution is 0.672. The van der Waals surface area contributed by atoms with Crippen molar-refractivity contribution in [2.75, 3.05) is 0 Å². The Kier molecular flexibility index (Phi) is 7.62. The number of fused-ring (bicyclic) bond motifs is 12. The SMILES string of the molecule is c1ccc(-c2cc(-c3ccc4ccccc4c3)nc(-c3cccc4c3cc(-n3c5ccccc5c5cc6c7ccccc7n(-c7ccccc7)c6cc53)c3c5ccccc5oc43)n2)cc1. The lowest BCUT2D eigenvalue weighted by Gasteiger charge is -2.15. The van der Waals surface area contributed by atoms with E-state index >= 15 is 0 Å². The molecule has 0 saturated heterocycles. The molecule has 14 rings (SSSR count). The van der Waals surface area contributed by atoms with Gasteiger partial charge in [0.25, 0.3) is 0 Å². The summed E-state index contributed by atoms with van der Waals surface area (Å²) in [7, 11) is 0. The number of furan rings is 1. The second kappa shape index (κ2) is 13.9.